The van der Waals surface area contributed by atoms with Crippen LogP contribution >= 0.6 is 0 Å². The molecule has 1 aliphatic rings. The second-order valence-corrected chi connectivity index (χ2v) is 3.49. The molecule has 0 N–H and O–H groups in total. The van der Waals surface area contributed by atoms with Gasteiger partial charge in [0.15, 0.2) is 0 Å². The lowest BCUT2D eigenvalue weighted by Crippen LogP contribution is -2.14. The van der Waals surface area contributed by atoms with Gasteiger partial charge in [-0.1, -0.05) is 11.6 Å². The van der Waals surface area contributed by atoms with Gasteiger partial charge in [0.1, 0.15) is 0 Å². The van der Waals surface area contributed by atoms with Crippen molar-refractivity contribution in [2.24, 2.45) is 5.92 Å². The molecule has 1 atom stereocenters. The van der Waals surface area contributed by atoms with Crippen LogP contribution in [0.5, 0.6) is 0 Å². The number of esters is 1. The summed E-state index contributed by atoms with van der Waals surface area (Å²) in [7, 11) is 0. The molecular weight excluding hydrogens is 152 g/mol. The highest BCUT2D eigenvalue weighted by molar-refractivity contribution is 5.65. The van der Waals surface area contributed by atoms with Gasteiger partial charge >= 0.3 is 5.97 Å². The van der Waals surface area contributed by atoms with Crippen LogP contribution in [-0.2, 0) is 9.53 Å². The van der Waals surface area contributed by atoms with Crippen LogP contribution in [0.3, 0.4) is 0 Å². The molecule has 0 bridgehead atoms. The van der Waals surface area contributed by atoms with Crippen LogP contribution in [-0.4, -0.2) is 12.6 Å². The maximum absolute atomic E-state index is 10.5. The number of ether oxygens (including phenoxy) is 1. The summed E-state index contributed by atoms with van der Waals surface area (Å²) in [4.78, 5) is 10.5. The third-order valence-electron chi connectivity index (χ3n) is 2.27. The largest absolute Gasteiger partial charge is 0.466 e. The van der Waals surface area contributed by atoms with Crippen molar-refractivity contribution < 1.29 is 9.53 Å². The maximum atomic E-state index is 10.5. The summed E-state index contributed by atoms with van der Waals surface area (Å²) >= 11 is 0. The second kappa shape index (κ2) is 4.29. The van der Waals surface area contributed by atoms with E-state index >= 15 is 0 Å². The molecule has 0 heterocycles. The van der Waals surface area contributed by atoms with E-state index in [0.29, 0.717) is 12.5 Å². The third-order valence-corrected chi connectivity index (χ3v) is 2.27. The Balaban J connectivity index is 2.23. The molecule has 0 spiro atoms. The van der Waals surface area contributed by atoms with Gasteiger partial charge in [-0.3, -0.25) is 4.79 Å². The Morgan fingerprint density at radius 3 is 3.00 bits per heavy atom. The number of hydrogen-bond acceptors (Lipinski definition) is 2. The van der Waals surface area contributed by atoms with Crippen LogP contribution in [0.4, 0.5) is 0 Å². The number of rotatable bonds is 2. The molecule has 68 valence electrons. The van der Waals surface area contributed by atoms with Gasteiger partial charge in [-0.15, -0.1) is 0 Å². The SMILES string of the molecule is CC(=O)OCC1CC=C(C)CC1. The Hall–Kier alpha value is -0.790. The van der Waals surface area contributed by atoms with Crippen molar-refractivity contribution >= 4 is 5.97 Å². The minimum absolute atomic E-state index is 0.165. The fraction of sp³-hybridized carbons (Fsp3) is 0.700. The topological polar surface area (TPSA) is 26.3 Å². The molecule has 0 amide bonds. The molecule has 1 unspecified atom stereocenters. The van der Waals surface area contributed by atoms with Gasteiger partial charge in [-0.25, -0.2) is 0 Å². The molecular formula is C10H16O2. The number of carbonyl (C=O) groups excluding carboxylic acids is 1. The van der Waals surface area contributed by atoms with Crippen molar-refractivity contribution in [2.75, 3.05) is 6.61 Å². The number of allylic oxidation sites excluding steroid dienone is 2. The van der Waals surface area contributed by atoms with Crippen LogP contribution in [0.1, 0.15) is 33.1 Å². The van der Waals surface area contributed by atoms with Crippen molar-refractivity contribution in [3.8, 4) is 0 Å². The van der Waals surface area contributed by atoms with E-state index in [2.05, 4.69) is 13.0 Å². The highest BCUT2D eigenvalue weighted by Gasteiger charge is 2.13. The van der Waals surface area contributed by atoms with E-state index in [1.54, 1.807) is 0 Å². The fourth-order valence-electron chi connectivity index (χ4n) is 1.41. The predicted octanol–water partition coefficient (Wildman–Crippen LogP) is 2.30. The zero-order valence-corrected chi connectivity index (χ0v) is 7.80. The zero-order valence-electron chi connectivity index (χ0n) is 7.80. The predicted molar refractivity (Wildman–Crippen MR) is 47.7 cm³/mol. The lowest BCUT2D eigenvalue weighted by atomic mass is 9.91. The van der Waals surface area contributed by atoms with Crippen molar-refractivity contribution in [1.29, 1.82) is 0 Å². The quantitative estimate of drug-likeness (QED) is 0.467. The standard InChI is InChI=1S/C10H16O2/c1-8-3-5-10(6-4-8)7-12-9(2)11/h3,10H,4-7H2,1-2H3. The monoisotopic (exact) mass is 168 g/mol. The van der Waals surface area contributed by atoms with E-state index in [0.717, 1.165) is 19.3 Å². The Morgan fingerprint density at radius 2 is 2.50 bits per heavy atom. The molecule has 0 fully saturated rings. The smallest absolute Gasteiger partial charge is 0.302 e. The molecule has 0 saturated heterocycles. The molecule has 0 aromatic heterocycles. The Kier molecular flexibility index (Phi) is 3.32. The van der Waals surface area contributed by atoms with Gasteiger partial charge in [0.25, 0.3) is 0 Å². The molecule has 0 aromatic carbocycles. The Bertz CT molecular complexity index is 194. The van der Waals surface area contributed by atoms with Gasteiger partial charge in [0.05, 0.1) is 6.61 Å². The zero-order chi connectivity index (χ0) is 8.97. The average molecular weight is 168 g/mol. The van der Waals surface area contributed by atoms with Gasteiger partial charge in [0, 0.05) is 6.92 Å². The van der Waals surface area contributed by atoms with Gasteiger partial charge < -0.3 is 4.74 Å². The molecule has 2 heteroatoms. The molecule has 0 aliphatic heterocycles. The Morgan fingerprint density at radius 1 is 1.75 bits per heavy atom. The molecule has 0 saturated carbocycles. The molecule has 0 aromatic rings. The number of hydrogen-bond donors (Lipinski definition) is 0. The van der Waals surface area contributed by atoms with E-state index < -0.39 is 0 Å². The summed E-state index contributed by atoms with van der Waals surface area (Å²) in [6.45, 7) is 4.21. The van der Waals surface area contributed by atoms with E-state index in [1.807, 2.05) is 0 Å². The minimum Gasteiger partial charge on any atom is -0.466 e. The summed E-state index contributed by atoms with van der Waals surface area (Å²) in [5, 5.41) is 0. The molecule has 0 radical (unpaired) electrons. The molecule has 1 aliphatic carbocycles. The van der Waals surface area contributed by atoms with Crippen LogP contribution < -0.4 is 0 Å². The summed E-state index contributed by atoms with van der Waals surface area (Å²) < 4.78 is 4.95. The highest BCUT2D eigenvalue weighted by atomic mass is 16.5. The fourth-order valence-corrected chi connectivity index (χ4v) is 1.41. The first-order valence-electron chi connectivity index (χ1n) is 4.47. The van der Waals surface area contributed by atoms with Crippen LogP contribution in [0, 0.1) is 5.92 Å². The summed E-state index contributed by atoms with van der Waals surface area (Å²) in [6.07, 6.45) is 5.64. The lowest BCUT2D eigenvalue weighted by molar-refractivity contribution is -0.142. The lowest BCUT2D eigenvalue weighted by Gasteiger charge is -2.19. The minimum atomic E-state index is -0.165. The van der Waals surface area contributed by atoms with Gasteiger partial charge in [-0.2, -0.15) is 0 Å². The number of carbonyl (C=O) groups is 1. The summed E-state index contributed by atoms with van der Waals surface area (Å²) in [5.74, 6) is 0.388. The average Bonchev–Trinajstić information content (AvgIpc) is 2.03. The van der Waals surface area contributed by atoms with E-state index in [1.165, 1.54) is 12.5 Å². The molecule has 1 rings (SSSR count). The first kappa shape index (κ1) is 9.30. The van der Waals surface area contributed by atoms with Crippen molar-refractivity contribution in [2.45, 2.75) is 33.1 Å². The van der Waals surface area contributed by atoms with E-state index in [9.17, 15) is 4.79 Å². The third kappa shape index (κ3) is 3.07. The van der Waals surface area contributed by atoms with Crippen LogP contribution in [0.2, 0.25) is 0 Å². The summed E-state index contributed by atoms with van der Waals surface area (Å²) in [5.41, 5.74) is 1.47. The summed E-state index contributed by atoms with van der Waals surface area (Å²) in [6, 6.07) is 0. The van der Waals surface area contributed by atoms with E-state index in [4.69, 9.17) is 4.74 Å². The van der Waals surface area contributed by atoms with Crippen molar-refractivity contribution in [1.82, 2.24) is 0 Å². The Labute approximate surface area is 73.6 Å². The van der Waals surface area contributed by atoms with Gasteiger partial charge in [-0.05, 0) is 32.1 Å². The van der Waals surface area contributed by atoms with Gasteiger partial charge in [0.2, 0.25) is 0 Å². The van der Waals surface area contributed by atoms with Crippen LogP contribution in [0.25, 0.3) is 0 Å². The first-order valence-corrected chi connectivity index (χ1v) is 4.47. The second-order valence-electron chi connectivity index (χ2n) is 3.49. The maximum Gasteiger partial charge on any atom is 0.302 e. The first-order chi connectivity index (χ1) is 5.68. The highest BCUT2D eigenvalue weighted by Crippen LogP contribution is 2.22. The van der Waals surface area contributed by atoms with Crippen LogP contribution in [0.15, 0.2) is 11.6 Å². The van der Waals surface area contributed by atoms with E-state index in [-0.39, 0.29) is 5.97 Å². The van der Waals surface area contributed by atoms with Crippen molar-refractivity contribution in [3.05, 3.63) is 11.6 Å². The molecule has 2 nitrogen and oxygen atoms in total. The van der Waals surface area contributed by atoms with Crippen molar-refractivity contribution in [3.63, 3.8) is 0 Å². The molecule has 12 heavy (non-hydrogen) atoms. The normalized spacial score (nSPS) is 23.2.